The van der Waals surface area contributed by atoms with E-state index < -0.39 is 6.10 Å². The number of halogens is 2. The molecule has 0 amide bonds. The number of hydrogen-bond donors (Lipinski definition) is 3. The van der Waals surface area contributed by atoms with Crippen molar-refractivity contribution in [2.75, 3.05) is 19.7 Å². The van der Waals surface area contributed by atoms with Crippen molar-refractivity contribution in [2.45, 2.75) is 19.6 Å². The van der Waals surface area contributed by atoms with E-state index in [4.69, 9.17) is 27.9 Å². The number of aromatic nitrogens is 1. The van der Waals surface area contributed by atoms with Crippen molar-refractivity contribution in [1.29, 1.82) is 0 Å². The van der Waals surface area contributed by atoms with Crippen molar-refractivity contribution in [3.63, 3.8) is 0 Å². The lowest BCUT2D eigenvalue weighted by Crippen LogP contribution is -2.42. The van der Waals surface area contributed by atoms with E-state index in [0.717, 1.165) is 12.1 Å². The molecule has 6 nitrogen and oxygen atoms in total. The van der Waals surface area contributed by atoms with Crippen LogP contribution < -0.4 is 15.4 Å². The third kappa shape index (κ3) is 6.44. The minimum absolute atomic E-state index is 0.0884. The largest absolute Gasteiger partial charge is 0.489 e. The predicted molar refractivity (Wildman–Crippen MR) is 106 cm³/mol. The molecular formula is C18H24Cl2N4O2. The lowest BCUT2D eigenvalue weighted by molar-refractivity contribution is 0.110. The van der Waals surface area contributed by atoms with Gasteiger partial charge in [0, 0.05) is 32.5 Å². The van der Waals surface area contributed by atoms with E-state index in [9.17, 15) is 5.11 Å². The van der Waals surface area contributed by atoms with Crippen LogP contribution in [0.15, 0.2) is 41.7 Å². The number of aliphatic hydroxyl groups is 1. The van der Waals surface area contributed by atoms with Gasteiger partial charge in [-0.3, -0.25) is 0 Å². The maximum atomic E-state index is 10.1. The van der Waals surface area contributed by atoms with Gasteiger partial charge in [0.25, 0.3) is 0 Å². The maximum Gasteiger partial charge on any atom is 0.191 e. The Labute approximate surface area is 163 Å². The summed E-state index contributed by atoms with van der Waals surface area (Å²) in [5, 5.41) is 17.1. The summed E-state index contributed by atoms with van der Waals surface area (Å²) in [5.41, 5.74) is 1.11. The standard InChI is InChI=1S/C18H24Cl2N4O2/c1-3-21-18(22-9-13-7-8-24(2)11-13)23-10-14(25)12-26-16-6-4-5-15(19)17(16)20/h4-8,11,14,25H,3,9-10,12H2,1-2H3,(H2,21,22,23). The number of rotatable bonds is 8. The summed E-state index contributed by atoms with van der Waals surface area (Å²) in [4.78, 5) is 4.50. The average Bonchev–Trinajstić information content (AvgIpc) is 3.04. The number of guanidine groups is 1. The van der Waals surface area contributed by atoms with Gasteiger partial charge in [0.15, 0.2) is 5.96 Å². The summed E-state index contributed by atoms with van der Waals surface area (Å²) in [6.45, 7) is 3.65. The molecule has 2 aromatic rings. The number of aliphatic imine (C=N–C) groups is 1. The van der Waals surface area contributed by atoms with Gasteiger partial charge in [0.1, 0.15) is 23.5 Å². The Bertz CT molecular complexity index is 734. The molecule has 1 aromatic heterocycles. The summed E-state index contributed by atoms with van der Waals surface area (Å²) < 4.78 is 7.51. The molecule has 0 saturated carbocycles. The Kier molecular flexibility index (Phi) is 8.09. The van der Waals surface area contributed by atoms with E-state index in [-0.39, 0.29) is 6.61 Å². The predicted octanol–water partition coefficient (Wildman–Crippen LogP) is 2.83. The fourth-order valence-corrected chi connectivity index (χ4v) is 2.57. The second kappa shape index (κ2) is 10.3. The van der Waals surface area contributed by atoms with Gasteiger partial charge in [-0.15, -0.1) is 0 Å². The Morgan fingerprint density at radius 3 is 2.81 bits per heavy atom. The number of aryl methyl sites for hydroxylation is 1. The number of aliphatic hydroxyl groups excluding tert-OH is 1. The minimum Gasteiger partial charge on any atom is -0.489 e. The highest BCUT2D eigenvalue weighted by Crippen LogP contribution is 2.31. The third-order valence-corrected chi connectivity index (χ3v) is 4.31. The molecule has 1 atom stereocenters. The molecule has 3 N–H and O–H groups in total. The van der Waals surface area contributed by atoms with Gasteiger partial charge in [-0.2, -0.15) is 0 Å². The quantitative estimate of drug-likeness (QED) is 0.472. The number of nitrogens with zero attached hydrogens (tertiary/aromatic N) is 2. The van der Waals surface area contributed by atoms with Crippen LogP contribution in [0.2, 0.25) is 10.0 Å². The molecule has 0 aliphatic rings. The highest BCUT2D eigenvalue weighted by Gasteiger charge is 2.10. The molecule has 2 rings (SSSR count). The molecule has 0 radical (unpaired) electrons. The Balaban J connectivity index is 1.82. The van der Waals surface area contributed by atoms with Crippen LogP contribution in [0.25, 0.3) is 0 Å². The fourth-order valence-electron chi connectivity index (χ4n) is 2.22. The van der Waals surface area contributed by atoms with Crippen molar-refractivity contribution in [2.24, 2.45) is 12.0 Å². The highest BCUT2D eigenvalue weighted by atomic mass is 35.5. The van der Waals surface area contributed by atoms with Gasteiger partial charge in [-0.1, -0.05) is 29.3 Å². The van der Waals surface area contributed by atoms with Crippen molar-refractivity contribution >= 4 is 29.2 Å². The number of hydrogen-bond acceptors (Lipinski definition) is 3. The first-order chi connectivity index (χ1) is 12.5. The SMILES string of the molecule is CCNC(=NCc1ccn(C)c1)NCC(O)COc1cccc(Cl)c1Cl. The first kappa shape index (κ1) is 20.4. The van der Waals surface area contributed by atoms with Crippen molar-refractivity contribution < 1.29 is 9.84 Å². The normalized spacial score (nSPS) is 12.7. The van der Waals surface area contributed by atoms with Gasteiger partial charge in [-0.25, -0.2) is 4.99 Å². The van der Waals surface area contributed by atoms with Crippen LogP contribution in [0, 0.1) is 0 Å². The number of nitrogens with one attached hydrogen (secondary N) is 2. The number of benzene rings is 1. The average molecular weight is 399 g/mol. The Morgan fingerprint density at radius 2 is 2.12 bits per heavy atom. The van der Waals surface area contributed by atoms with Gasteiger partial charge >= 0.3 is 0 Å². The number of ether oxygens (including phenoxy) is 1. The molecule has 0 bridgehead atoms. The van der Waals surface area contributed by atoms with Gasteiger partial charge in [-0.05, 0) is 30.7 Å². The van der Waals surface area contributed by atoms with E-state index in [1.807, 2.05) is 37.0 Å². The summed E-state index contributed by atoms with van der Waals surface area (Å²) in [6.07, 6.45) is 3.27. The summed E-state index contributed by atoms with van der Waals surface area (Å²) >= 11 is 12.0. The lowest BCUT2D eigenvalue weighted by atomic mass is 10.3. The first-order valence-electron chi connectivity index (χ1n) is 8.37. The van der Waals surface area contributed by atoms with Crippen molar-refractivity contribution in [3.05, 3.63) is 52.3 Å². The van der Waals surface area contributed by atoms with E-state index >= 15 is 0 Å². The van der Waals surface area contributed by atoms with E-state index in [2.05, 4.69) is 15.6 Å². The molecular weight excluding hydrogens is 375 g/mol. The van der Waals surface area contributed by atoms with Crippen LogP contribution in [-0.2, 0) is 13.6 Å². The molecule has 1 unspecified atom stereocenters. The molecule has 0 saturated heterocycles. The van der Waals surface area contributed by atoms with Crippen LogP contribution in [0.3, 0.4) is 0 Å². The van der Waals surface area contributed by atoms with E-state index in [1.165, 1.54) is 0 Å². The molecule has 0 fully saturated rings. The monoisotopic (exact) mass is 398 g/mol. The molecule has 1 heterocycles. The second-order valence-corrected chi connectivity index (χ2v) is 6.56. The molecule has 0 aliphatic carbocycles. The van der Waals surface area contributed by atoms with Crippen LogP contribution in [0.1, 0.15) is 12.5 Å². The summed E-state index contributed by atoms with van der Waals surface area (Å²) in [7, 11) is 1.97. The van der Waals surface area contributed by atoms with Crippen molar-refractivity contribution in [3.8, 4) is 5.75 Å². The summed E-state index contributed by atoms with van der Waals surface area (Å²) in [6, 6.07) is 7.15. The first-order valence-corrected chi connectivity index (χ1v) is 9.13. The van der Waals surface area contributed by atoms with Gasteiger partial charge < -0.3 is 25.0 Å². The Hall–Kier alpha value is -1.89. The maximum absolute atomic E-state index is 10.1. The van der Waals surface area contributed by atoms with E-state index in [0.29, 0.717) is 34.8 Å². The summed E-state index contributed by atoms with van der Waals surface area (Å²) in [5.74, 6) is 1.08. The van der Waals surface area contributed by atoms with Crippen molar-refractivity contribution in [1.82, 2.24) is 15.2 Å². The highest BCUT2D eigenvalue weighted by molar-refractivity contribution is 6.42. The fraction of sp³-hybridized carbons (Fsp3) is 0.389. The topological polar surface area (TPSA) is 70.8 Å². The zero-order valence-corrected chi connectivity index (χ0v) is 16.4. The molecule has 1 aromatic carbocycles. The third-order valence-electron chi connectivity index (χ3n) is 3.51. The second-order valence-electron chi connectivity index (χ2n) is 5.78. The van der Waals surface area contributed by atoms with Gasteiger partial charge in [0.05, 0.1) is 11.6 Å². The molecule has 8 heteroatoms. The minimum atomic E-state index is -0.731. The Morgan fingerprint density at radius 1 is 1.31 bits per heavy atom. The van der Waals surface area contributed by atoms with Crippen LogP contribution in [-0.4, -0.2) is 41.4 Å². The lowest BCUT2D eigenvalue weighted by Gasteiger charge is -2.16. The molecule has 0 spiro atoms. The molecule has 142 valence electrons. The zero-order valence-electron chi connectivity index (χ0n) is 14.9. The van der Waals surface area contributed by atoms with Crippen LogP contribution in [0.5, 0.6) is 5.75 Å². The van der Waals surface area contributed by atoms with E-state index in [1.54, 1.807) is 18.2 Å². The molecule has 0 aliphatic heterocycles. The van der Waals surface area contributed by atoms with Crippen LogP contribution >= 0.6 is 23.2 Å². The molecule has 26 heavy (non-hydrogen) atoms. The van der Waals surface area contributed by atoms with Gasteiger partial charge in [0.2, 0.25) is 0 Å². The zero-order chi connectivity index (χ0) is 18.9. The van der Waals surface area contributed by atoms with Crippen LogP contribution in [0.4, 0.5) is 0 Å². The smallest absolute Gasteiger partial charge is 0.191 e.